The number of nitrogens with zero attached hydrogens (tertiary/aromatic N) is 2. The lowest BCUT2D eigenvalue weighted by atomic mass is 10.0. The molecule has 0 unspecified atom stereocenters. The Labute approximate surface area is 112 Å². The first kappa shape index (κ1) is 11.2. The summed E-state index contributed by atoms with van der Waals surface area (Å²) >= 11 is 0. The fraction of sp³-hybridized carbons (Fsp3) is 0.438. The molecule has 1 saturated carbocycles. The van der Waals surface area contributed by atoms with Gasteiger partial charge in [-0.15, -0.1) is 0 Å². The number of aliphatic hydroxyl groups excluding tert-OH is 1. The summed E-state index contributed by atoms with van der Waals surface area (Å²) in [4.78, 5) is 0. The van der Waals surface area contributed by atoms with Crippen LogP contribution in [0.3, 0.4) is 0 Å². The number of hydrogen-bond acceptors (Lipinski definition) is 2. The molecule has 3 heteroatoms. The predicted octanol–water partition coefficient (Wildman–Crippen LogP) is 2.94. The lowest BCUT2D eigenvalue weighted by Gasteiger charge is -2.11. The molecule has 1 aromatic heterocycles. The molecule has 0 amide bonds. The van der Waals surface area contributed by atoms with Crippen LogP contribution in [-0.2, 0) is 13.0 Å². The molecule has 2 aliphatic rings. The van der Waals surface area contributed by atoms with Crippen LogP contribution in [0.25, 0.3) is 11.3 Å². The van der Waals surface area contributed by atoms with Gasteiger partial charge >= 0.3 is 0 Å². The number of hydrogen-bond donors (Lipinski definition) is 1. The van der Waals surface area contributed by atoms with E-state index in [4.69, 9.17) is 0 Å². The van der Waals surface area contributed by atoms with E-state index in [1.54, 1.807) is 0 Å². The van der Waals surface area contributed by atoms with Gasteiger partial charge < -0.3 is 5.11 Å². The van der Waals surface area contributed by atoms with Gasteiger partial charge in [0.1, 0.15) is 0 Å². The Morgan fingerprint density at radius 3 is 2.95 bits per heavy atom. The molecule has 0 aliphatic heterocycles. The second-order valence-corrected chi connectivity index (χ2v) is 5.77. The SMILES string of the molecule is O[C@@H]1CCc2c(-c3ccnn3CC3CC3)cccc21. The van der Waals surface area contributed by atoms with Crippen molar-refractivity contribution in [2.45, 2.75) is 38.3 Å². The summed E-state index contributed by atoms with van der Waals surface area (Å²) in [6.07, 6.45) is 6.11. The zero-order valence-electron chi connectivity index (χ0n) is 10.9. The minimum absolute atomic E-state index is 0.283. The van der Waals surface area contributed by atoms with Crippen LogP contribution in [-0.4, -0.2) is 14.9 Å². The molecular weight excluding hydrogens is 236 g/mol. The number of aliphatic hydroxyl groups is 1. The first-order valence-electron chi connectivity index (χ1n) is 7.15. The summed E-state index contributed by atoms with van der Waals surface area (Å²) in [6.45, 7) is 1.04. The third kappa shape index (κ3) is 1.89. The average Bonchev–Trinajstić information content (AvgIpc) is 2.98. The molecule has 1 atom stereocenters. The van der Waals surface area contributed by atoms with Crippen LogP contribution in [0, 0.1) is 5.92 Å². The molecular formula is C16H18N2O. The smallest absolute Gasteiger partial charge is 0.0796 e. The molecule has 0 saturated heterocycles. The van der Waals surface area contributed by atoms with Gasteiger partial charge in [0.25, 0.3) is 0 Å². The molecule has 98 valence electrons. The van der Waals surface area contributed by atoms with Gasteiger partial charge in [0.05, 0.1) is 11.8 Å². The largest absolute Gasteiger partial charge is 0.388 e. The lowest BCUT2D eigenvalue weighted by Crippen LogP contribution is -2.04. The zero-order chi connectivity index (χ0) is 12.8. The molecule has 1 aromatic carbocycles. The monoisotopic (exact) mass is 254 g/mol. The molecule has 1 fully saturated rings. The van der Waals surface area contributed by atoms with Crippen LogP contribution >= 0.6 is 0 Å². The highest BCUT2D eigenvalue weighted by atomic mass is 16.3. The Bertz CT molecular complexity index is 613. The van der Waals surface area contributed by atoms with Crippen molar-refractivity contribution in [1.29, 1.82) is 0 Å². The second kappa shape index (κ2) is 4.20. The van der Waals surface area contributed by atoms with Crippen molar-refractivity contribution in [2.24, 2.45) is 5.92 Å². The molecule has 1 heterocycles. The minimum atomic E-state index is -0.283. The topological polar surface area (TPSA) is 38.1 Å². The lowest BCUT2D eigenvalue weighted by molar-refractivity contribution is 0.180. The van der Waals surface area contributed by atoms with Crippen LogP contribution in [0.4, 0.5) is 0 Å². The fourth-order valence-electron chi connectivity index (χ4n) is 3.12. The van der Waals surface area contributed by atoms with Crippen molar-refractivity contribution in [2.75, 3.05) is 0 Å². The highest BCUT2D eigenvalue weighted by Crippen LogP contribution is 2.38. The van der Waals surface area contributed by atoms with E-state index in [-0.39, 0.29) is 6.10 Å². The van der Waals surface area contributed by atoms with Gasteiger partial charge in [0.15, 0.2) is 0 Å². The van der Waals surface area contributed by atoms with Crippen molar-refractivity contribution >= 4 is 0 Å². The van der Waals surface area contributed by atoms with Crippen LogP contribution in [0.1, 0.15) is 36.5 Å². The van der Waals surface area contributed by atoms with Gasteiger partial charge in [-0.25, -0.2) is 0 Å². The van der Waals surface area contributed by atoms with Gasteiger partial charge in [-0.05, 0) is 48.8 Å². The van der Waals surface area contributed by atoms with Gasteiger partial charge in [0.2, 0.25) is 0 Å². The maximum absolute atomic E-state index is 10.0. The van der Waals surface area contributed by atoms with E-state index < -0.39 is 0 Å². The third-order valence-corrected chi connectivity index (χ3v) is 4.36. The first-order valence-corrected chi connectivity index (χ1v) is 7.15. The van der Waals surface area contributed by atoms with Gasteiger partial charge in [0, 0.05) is 18.3 Å². The number of rotatable bonds is 3. The van der Waals surface area contributed by atoms with E-state index in [1.807, 2.05) is 6.20 Å². The fourth-order valence-corrected chi connectivity index (χ4v) is 3.12. The summed E-state index contributed by atoms with van der Waals surface area (Å²) in [7, 11) is 0. The van der Waals surface area contributed by atoms with Crippen LogP contribution < -0.4 is 0 Å². The molecule has 4 rings (SSSR count). The third-order valence-electron chi connectivity index (χ3n) is 4.36. The molecule has 19 heavy (non-hydrogen) atoms. The van der Waals surface area contributed by atoms with Crippen molar-refractivity contribution in [1.82, 2.24) is 9.78 Å². The molecule has 3 nitrogen and oxygen atoms in total. The normalized spacial score (nSPS) is 21.6. The number of aromatic nitrogens is 2. The van der Waals surface area contributed by atoms with E-state index in [9.17, 15) is 5.11 Å². The molecule has 2 aromatic rings. The van der Waals surface area contributed by atoms with Crippen LogP contribution in [0.5, 0.6) is 0 Å². The summed E-state index contributed by atoms with van der Waals surface area (Å²) in [5.41, 5.74) is 4.88. The van der Waals surface area contributed by atoms with Crippen LogP contribution in [0.2, 0.25) is 0 Å². The maximum Gasteiger partial charge on any atom is 0.0796 e. The molecule has 0 bridgehead atoms. The maximum atomic E-state index is 10.0. The molecule has 2 aliphatic carbocycles. The number of fused-ring (bicyclic) bond motifs is 1. The van der Waals surface area contributed by atoms with E-state index in [1.165, 1.54) is 29.7 Å². The van der Waals surface area contributed by atoms with Gasteiger partial charge in [-0.3, -0.25) is 4.68 Å². The Morgan fingerprint density at radius 2 is 2.11 bits per heavy atom. The Morgan fingerprint density at radius 1 is 1.21 bits per heavy atom. The van der Waals surface area contributed by atoms with Crippen molar-refractivity contribution in [3.05, 3.63) is 41.6 Å². The summed E-state index contributed by atoms with van der Waals surface area (Å²) in [6, 6.07) is 8.37. The Hall–Kier alpha value is -1.61. The van der Waals surface area contributed by atoms with E-state index in [2.05, 4.69) is 34.0 Å². The Balaban J connectivity index is 1.78. The van der Waals surface area contributed by atoms with Crippen molar-refractivity contribution in [3.8, 4) is 11.3 Å². The average molecular weight is 254 g/mol. The van der Waals surface area contributed by atoms with Crippen molar-refractivity contribution < 1.29 is 5.11 Å². The van der Waals surface area contributed by atoms with E-state index in [0.29, 0.717) is 0 Å². The van der Waals surface area contributed by atoms with Gasteiger partial charge in [-0.2, -0.15) is 5.10 Å². The second-order valence-electron chi connectivity index (χ2n) is 5.77. The highest BCUT2D eigenvalue weighted by molar-refractivity contribution is 5.67. The predicted molar refractivity (Wildman–Crippen MR) is 73.7 cm³/mol. The highest BCUT2D eigenvalue weighted by Gasteiger charge is 2.26. The Kier molecular flexibility index (Phi) is 2.49. The minimum Gasteiger partial charge on any atom is -0.388 e. The summed E-state index contributed by atoms with van der Waals surface area (Å²) < 4.78 is 2.14. The van der Waals surface area contributed by atoms with E-state index >= 15 is 0 Å². The quantitative estimate of drug-likeness (QED) is 0.914. The van der Waals surface area contributed by atoms with Crippen LogP contribution in [0.15, 0.2) is 30.5 Å². The molecule has 0 spiro atoms. The van der Waals surface area contributed by atoms with Crippen molar-refractivity contribution in [3.63, 3.8) is 0 Å². The zero-order valence-corrected chi connectivity index (χ0v) is 10.9. The summed E-state index contributed by atoms with van der Waals surface area (Å²) in [5, 5.41) is 14.5. The molecule has 1 N–H and O–H groups in total. The first-order chi connectivity index (χ1) is 9.33. The van der Waals surface area contributed by atoms with Gasteiger partial charge in [-0.1, -0.05) is 18.2 Å². The van der Waals surface area contributed by atoms with E-state index in [0.717, 1.165) is 30.9 Å². The summed E-state index contributed by atoms with van der Waals surface area (Å²) in [5.74, 6) is 0.820. The number of benzene rings is 1. The standard InChI is InChI=1S/C16H18N2O/c19-16-7-6-12-13(2-1-3-14(12)16)15-8-9-17-18(15)10-11-4-5-11/h1-3,8-9,11,16,19H,4-7,10H2/t16-/m1/s1. The molecule has 0 radical (unpaired) electrons.